The predicted octanol–water partition coefficient (Wildman–Crippen LogP) is 2.65. The third-order valence-corrected chi connectivity index (χ3v) is 4.11. The van der Waals surface area contributed by atoms with Crippen LogP contribution in [0.25, 0.3) is 0 Å². The molecule has 4 nitrogen and oxygen atoms in total. The summed E-state index contributed by atoms with van der Waals surface area (Å²) in [4.78, 5) is 14.4. The third-order valence-electron chi connectivity index (χ3n) is 4.11. The summed E-state index contributed by atoms with van der Waals surface area (Å²) >= 11 is 0. The Hall–Kier alpha value is -1.62. The fourth-order valence-electron chi connectivity index (χ4n) is 2.97. The van der Waals surface area contributed by atoms with Gasteiger partial charge >= 0.3 is 0 Å². The van der Waals surface area contributed by atoms with Crippen LogP contribution in [0.3, 0.4) is 0 Å². The van der Waals surface area contributed by atoms with Crippen molar-refractivity contribution in [2.24, 2.45) is 5.73 Å². The molecule has 1 fully saturated rings. The van der Waals surface area contributed by atoms with Crippen LogP contribution >= 0.6 is 0 Å². The average molecular weight is 294 g/mol. The number of nitrogens with two attached hydrogens (primary N) is 1. The first-order valence-electron chi connectivity index (χ1n) is 7.58. The molecule has 0 unspecified atom stereocenters. The first-order valence-corrected chi connectivity index (χ1v) is 7.58. The van der Waals surface area contributed by atoms with Crippen molar-refractivity contribution in [3.8, 4) is 5.75 Å². The van der Waals surface area contributed by atoms with Gasteiger partial charge < -0.3 is 15.7 Å². The van der Waals surface area contributed by atoms with Crippen molar-refractivity contribution in [2.45, 2.75) is 51.1 Å². The van der Waals surface area contributed by atoms with Gasteiger partial charge in [0.25, 0.3) is 5.91 Å². The Morgan fingerprint density at radius 2 is 2.05 bits per heavy atom. The van der Waals surface area contributed by atoms with Gasteiger partial charge in [-0.3, -0.25) is 4.79 Å². The molecule has 1 amide bonds. The van der Waals surface area contributed by atoms with Crippen LogP contribution in [0.15, 0.2) is 18.2 Å². The Bertz CT molecular complexity index is 479. The maximum absolute atomic E-state index is 13.9. The van der Waals surface area contributed by atoms with Gasteiger partial charge in [-0.25, -0.2) is 4.39 Å². The summed E-state index contributed by atoms with van der Waals surface area (Å²) in [6.07, 6.45) is 4.22. The topological polar surface area (TPSA) is 66.6 Å². The number of aromatic hydroxyl groups is 1. The Kier molecular flexibility index (Phi) is 5.17. The van der Waals surface area contributed by atoms with Crippen LogP contribution in [0.1, 0.15) is 49.4 Å². The molecule has 0 radical (unpaired) electrons. The minimum Gasteiger partial charge on any atom is -0.507 e. The number of rotatable bonds is 4. The number of hydrogen-bond acceptors (Lipinski definition) is 3. The molecule has 1 saturated carbocycles. The number of phenols is 1. The fraction of sp³-hybridized carbons (Fsp3) is 0.562. The first kappa shape index (κ1) is 15.8. The van der Waals surface area contributed by atoms with Crippen molar-refractivity contribution in [3.05, 3.63) is 29.6 Å². The van der Waals surface area contributed by atoms with E-state index in [4.69, 9.17) is 5.73 Å². The van der Waals surface area contributed by atoms with E-state index in [1.807, 2.05) is 6.92 Å². The predicted molar refractivity (Wildman–Crippen MR) is 79.6 cm³/mol. The fourth-order valence-corrected chi connectivity index (χ4v) is 2.97. The molecular formula is C16H23FN2O2. The third kappa shape index (κ3) is 3.53. The van der Waals surface area contributed by atoms with Gasteiger partial charge in [-0.2, -0.15) is 0 Å². The maximum Gasteiger partial charge on any atom is 0.260 e. The number of halogens is 1. The van der Waals surface area contributed by atoms with E-state index in [0.717, 1.165) is 32.1 Å². The van der Waals surface area contributed by atoms with Crippen LogP contribution < -0.4 is 5.73 Å². The van der Waals surface area contributed by atoms with Crippen molar-refractivity contribution in [1.82, 2.24) is 4.90 Å². The summed E-state index contributed by atoms with van der Waals surface area (Å²) in [5, 5.41) is 9.81. The lowest BCUT2D eigenvalue weighted by Crippen LogP contribution is -2.44. The maximum atomic E-state index is 13.9. The summed E-state index contributed by atoms with van der Waals surface area (Å²) < 4.78 is 13.9. The quantitative estimate of drug-likeness (QED) is 0.897. The van der Waals surface area contributed by atoms with E-state index in [2.05, 4.69) is 0 Å². The molecule has 1 aliphatic carbocycles. The second kappa shape index (κ2) is 6.89. The lowest BCUT2D eigenvalue weighted by atomic mass is 9.90. The minimum absolute atomic E-state index is 0.0799. The smallest absolute Gasteiger partial charge is 0.260 e. The highest BCUT2D eigenvalue weighted by Gasteiger charge is 2.30. The van der Waals surface area contributed by atoms with Crippen molar-refractivity contribution in [1.29, 1.82) is 0 Å². The standard InChI is InChI=1S/C16H23FN2O2/c1-2-10-19(12-8-6-11(18)7-9-12)16(21)15-13(17)4-3-5-14(15)20/h3-5,11-12,20H,2,6-10,18H2,1H3. The highest BCUT2D eigenvalue weighted by molar-refractivity contribution is 5.97. The molecule has 1 aromatic rings. The van der Waals surface area contributed by atoms with Gasteiger partial charge in [0.15, 0.2) is 0 Å². The summed E-state index contributed by atoms with van der Waals surface area (Å²) in [7, 11) is 0. The number of benzene rings is 1. The second-order valence-electron chi connectivity index (χ2n) is 5.70. The lowest BCUT2D eigenvalue weighted by molar-refractivity contribution is 0.0618. The van der Waals surface area contributed by atoms with E-state index in [1.165, 1.54) is 18.2 Å². The Morgan fingerprint density at radius 3 is 2.62 bits per heavy atom. The molecular weight excluding hydrogens is 271 g/mol. The van der Waals surface area contributed by atoms with Crippen molar-refractivity contribution in [3.63, 3.8) is 0 Å². The van der Waals surface area contributed by atoms with Crippen molar-refractivity contribution in [2.75, 3.05) is 6.54 Å². The molecule has 116 valence electrons. The summed E-state index contributed by atoms with van der Waals surface area (Å²) in [5.41, 5.74) is 5.68. The van der Waals surface area contributed by atoms with E-state index >= 15 is 0 Å². The van der Waals surface area contributed by atoms with Gasteiger partial charge in [0.2, 0.25) is 0 Å². The molecule has 5 heteroatoms. The molecule has 0 aromatic heterocycles. The zero-order chi connectivity index (χ0) is 15.4. The van der Waals surface area contributed by atoms with Crippen LogP contribution in [0, 0.1) is 5.82 Å². The zero-order valence-electron chi connectivity index (χ0n) is 12.4. The van der Waals surface area contributed by atoms with Crippen LogP contribution in [0.5, 0.6) is 5.75 Å². The van der Waals surface area contributed by atoms with E-state index in [0.29, 0.717) is 6.54 Å². The summed E-state index contributed by atoms with van der Waals surface area (Å²) in [6, 6.07) is 4.22. The van der Waals surface area contributed by atoms with E-state index in [-0.39, 0.29) is 23.4 Å². The minimum atomic E-state index is -0.673. The molecule has 0 aliphatic heterocycles. The average Bonchev–Trinajstić information content (AvgIpc) is 2.45. The Balaban J connectivity index is 2.23. The highest BCUT2D eigenvalue weighted by atomic mass is 19.1. The van der Waals surface area contributed by atoms with Gasteiger partial charge in [0.05, 0.1) is 0 Å². The lowest BCUT2D eigenvalue weighted by Gasteiger charge is -2.36. The molecule has 0 heterocycles. The number of carbonyl (C=O) groups is 1. The molecule has 1 aromatic carbocycles. The van der Waals surface area contributed by atoms with Crippen molar-refractivity contribution < 1.29 is 14.3 Å². The molecule has 0 bridgehead atoms. The van der Waals surface area contributed by atoms with Gasteiger partial charge in [0, 0.05) is 18.6 Å². The van der Waals surface area contributed by atoms with Gasteiger partial charge in [0.1, 0.15) is 17.1 Å². The zero-order valence-corrected chi connectivity index (χ0v) is 12.4. The molecule has 0 saturated heterocycles. The van der Waals surface area contributed by atoms with E-state index < -0.39 is 11.7 Å². The first-order chi connectivity index (χ1) is 10.0. The highest BCUT2D eigenvalue weighted by Crippen LogP contribution is 2.27. The monoisotopic (exact) mass is 294 g/mol. The van der Waals surface area contributed by atoms with Crippen LogP contribution in [0.4, 0.5) is 4.39 Å². The molecule has 0 spiro atoms. The molecule has 21 heavy (non-hydrogen) atoms. The molecule has 3 N–H and O–H groups in total. The number of amides is 1. The largest absolute Gasteiger partial charge is 0.507 e. The summed E-state index contributed by atoms with van der Waals surface area (Å²) in [6.45, 7) is 2.54. The molecule has 1 aliphatic rings. The summed E-state index contributed by atoms with van der Waals surface area (Å²) in [5.74, 6) is -1.39. The van der Waals surface area contributed by atoms with Gasteiger partial charge in [-0.1, -0.05) is 13.0 Å². The number of phenolic OH excluding ortho intramolecular Hbond substituents is 1. The van der Waals surface area contributed by atoms with E-state index in [1.54, 1.807) is 4.90 Å². The SMILES string of the molecule is CCCN(C(=O)c1c(O)cccc1F)C1CCC(N)CC1. The Morgan fingerprint density at radius 1 is 1.38 bits per heavy atom. The molecule has 2 rings (SSSR count). The number of nitrogens with zero attached hydrogens (tertiary/aromatic N) is 1. The normalized spacial score (nSPS) is 22.0. The molecule has 0 atom stereocenters. The van der Waals surface area contributed by atoms with Crippen LogP contribution in [-0.2, 0) is 0 Å². The van der Waals surface area contributed by atoms with Crippen molar-refractivity contribution >= 4 is 5.91 Å². The van der Waals surface area contributed by atoms with Gasteiger partial charge in [-0.15, -0.1) is 0 Å². The van der Waals surface area contributed by atoms with Crippen LogP contribution in [-0.4, -0.2) is 34.5 Å². The second-order valence-corrected chi connectivity index (χ2v) is 5.70. The van der Waals surface area contributed by atoms with E-state index in [9.17, 15) is 14.3 Å². The van der Waals surface area contributed by atoms with Gasteiger partial charge in [-0.05, 0) is 44.2 Å². The number of carbonyl (C=O) groups excluding carboxylic acids is 1. The Labute approximate surface area is 124 Å². The number of hydrogen-bond donors (Lipinski definition) is 2. The van der Waals surface area contributed by atoms with Crippen LogP contribution in [0.2, 0.25) is 0 Å².